The van der Waals surface area contributed by atoms with Gasteiger partial charge in [0.05, 0.1) is 6.33 Å². The maximum absolute atomic E-state index is 12.1. The predicted octanol–water partition coefficient (Wildman–Crippen LogP) is 0.971. The van der Waals surface area contributed by atoms with E-state index in [0.29, 0.717) is 11.5 Å². The van der Waals surface area contributed by atoms with E-state index in [0.717, 1.165) is 31.7 Å². The first-order valence-electron chi connectivity index (χ1n) is 8.02. The first kappa shape index (κ1) is 16.1. The molecule has 0 spiro atoms. The largest absolute Gasteiger partial charge is 0.356 e. The molecule has 0 aliphatic carbocycles. The Balaban J connectivity index is 1.66. The van der Waals surface area contributed by atoms with Crippen molar-refractivity contribution in [2.45, 2.75) is 32.7 Å². The van der Waals surface area contributed by atoms with Crippen molar-refractivity contribution in [3.05, 3.63) is 40.8 Å². The van der Waals surface area contributed by atoms with Gasteiger partial charge in [-0.25, -0.2) is 15.0 Å². The number of nitrogens with one attached hydrogen (secondary N) is 1. The van der Waals surface area contributed by atoms with Gasteiger partial charge in [-0.1, -0.05) is 0 Å². The second-order valence-corrected chi connectivity index (χ2v) is 5.85. The normalized spacial score (nSPS) is 14.5. The van der Waals surface area contributed by atoms with Crippen molar-refractivity contribution >= 4 is 17.5 Å². The summed E-state index contributed by atoms with van der Waals surface area (Å²) in [6, 6.07) is 3.16. The lowest BCUT2D eigenvalue weighted by molar-refractivity contribution is -0.116. The summed E-state index contributed by atoms with van der Waals surface area (Å²) in [4.78, 5) is 38.5. The average molecular weight is 328 g/mol. The minimum atomic E-state index is -0.328. The summed E-state index contributed by atoms with van der Waals surface area (Å²) in [5.74, 6) is 0.920. The molecule has 0 saturated carbocycles. The Morgan fingerprint density at radius 1 is 1.17 bits per heavy atom. The number of hydrogen-bond acceptors (Lipinski definition) is 6. The van der Waals surface area contributed by atoms with Crippen molar-refractivity contribution in [2.24, 2.45) is 0 Å². The fourth-order valence-corrected chi connectivity index (χ4v) is 2.68. The van der Waals surface area contributed by atoms with Gasteiger partial charge in [0, 0.05) is 30.9 Å². The molecule has 1 fully saturated rings. The maximum Gasteiger partial charge on any atom is 0.253 e. The van der Waals surface area contributed by atoms with Gasteiger partial charge in [0.2, 0.25) is 5.91 Å². The van der Waals surface area contributed by atoms with Gasteiger partial charge in [0.1, 0.15) is 24.5 Å². The molecule has 8 heteroatoms. The van der Waals surface area contributed by atoms with Crippen LogP contribution in [-0.4, -0.2) is 38.5 Å². The smallest absolute Gasteiger partial charge is 0.253 e. The minimum Gasteiger partial charge on any atom is -0.356 e. The van der Waals surface area contributed by atoms with Gasteiger partial charge in [-0.05, 0) is 26.2 Å². The van der Waals surface area contributed by atoms with Crippen molar-refractivity contribution in [1.82, 2.24) is 19.5 Å². The van der Waals surface area contributed by atoms with E-state index in [1.165, 1.54) is 29.7 Å². The molecule has 0 aromatic carbocycles. The number of nitrogens with zero attached hydrogens (tertiary/aromatic N) is 5. The van der Waals surface area contributed by atoms with Gasteiger partial charge in [0.25, 0.3) is 5.56 Å². The number of carbonyl (C=O) groups excluding carboxylic acids is 1. The lowest BCUT2D eigenvalue weighted by Gasteiger charge is -2.27. The summed E-state index contributed by atoms with van der Waals surface area (Å²) >= 11 is 0. The Morgan fingerprint density at radius 3 is 2.71 bits per heavy atom. The number of amides is 1. The van der Waals surface area contributed by atoms with Gasteiger partial charge in [-0.2, -0.15) is 0 Å². The van der Waals surface area contributed by atoms with E-state index in [-0.39, 0.29) is 18.0 Å². The van der Waals surface area contributed by atoms with Crippen LogP contribution in [-0.2, 0) is 11.3 Å². The third-order valence-corrected chi connectivity index (χ3v) is 3.93. The Labute approximate surface area is 139 Å². The summed E-state index contributed by atoms with van der Waals surface area (Å²) in [6.07, 6.45) is 6.35. The highest BCUT2D eigenvalue weighted by molar-refractivity contribution is 5.89. The van der Waals surface area contributed by atoms with Crippen molar-refractivity contribution in [3.63, 3.8) is 0 Å². The van der Waals surface area contributed by atoms with Crippen LogP contribution in [0, 0.1) is 6.92 Å². The highest BCUT2D eigenvalue weighted by atomic mass is 16.2. The van der Waals surface area contributed by atoms with Crippen LogP contribution in [0.3, 0.4) is 0 Å². The molecular formula is C16H20N6O2. The Morgan fingerprint density at radius 2 is 1.96 bits per heavy atom. The second-order valence-electron chi connectivity index (χ2n) is 5.85. The lowest BCUT2D eigenvalue weighted by atomic mass is 10.1. The van der Waals surface area contributed by atoms with Crippen molar-refractivity contribution in [2.75, 3.05) is 23.3 Å². The highest BCUT2D eigenvalue weighted by Gasteiger charge is 2.13. The first-order chi connectivity index (χ1) is 11.6. The van der Waals surface area contributed by atoms with Crippen LogP contribution in [0.25, 0.3) is 0 Å². The quantitative estimate of drug-likeness (QED) is 0.899. The molecule has 0 unspecified atom stereocenters. The van der Waals surface area contributed by atoms with E-state index in [4.69, 9.17) is 0 Å². The third kappa shape index (κ3) is 3.95. The molecule has 2 aromatic rings. The molecule has 3 heterocycles. The zero-order chi connectivity index (χ0) is 16.9. The number of rotatable bonds is 4. The SMILES string of the molecule is Cc1cc(=O)n(CC(=O)Nc2cc(N3CCCCC3)ncn2)cn1. The molecule has 0 radical (unpaired) electrons. The summed E-state index contributed by atoms with van der Waals surface area (Å²) in [7, 11) is 0. The number of anilines is 2. The topological polar surface area (TPSA) is 93.0 Å². The van der Waals surface area contributed by atoms with Gasteiger partial charge in [-0.3, -0.25) is 14.2 Å². The minimum absolute atomic E-state index is 0.102. The number of carbonyl (C=O) groups is 1. The van der Waals surface area contributed by atoms with E-state index in [2.05, 4.69) is 25.2 Å². The van der Waals surface area contributed by atoms with E-state index in [1.807, 2.05) is 0 Å². The molecule has 1 aliphatic rings. The van der Waals surface area contributed by atoms with Crippen molar-refractivity contribution < 1.29 is 4.79 Å². The van der Waals surface area contributed by atoms with Gasteiger partial charge in [-0.15, -0.1) is 0 Å². The van der Waals surface area contributed by atoms with Crippen LogP contribution in [0.15, 0.2) is 29.6 Å². The number of aryl methyl sites for hydroxylation is 1. The fourth-order valence-electron chi connectivity index (χ4n) is 2.68. The highest BCUT2D eigenvalue weighted by Crippen LogP contribution is 2.19. The predicted molar refractivity (Wildman–Crippen MR) is 90.0 cm³/mol. The summed E-state index contributed by atoms with van der Waals surface area (Å²) in [6.45, 7) is 3.56. The van der Waals surface area contributed by atoms with Crippen LogP contribution in [0.2, 0.25) is 0 Å². The Kier molecular flexibility index (Phi) is 4.83. The fraction of sp³-hybridized carbons (Fsp3) is 0.438. The Bertz CT molecular complexity index is 782. The molecule has 0 bridgehead atoms. The van der Waals surface area contributed by atoms with Gasteiger partial charge >= 0.3 is 0 Å². The first-order valence-corrected chi connectivity index (χ1v) is 8.02. The molecule has 126 valence electrons. The summed E-state index contributed by atoms with van der Waals surface area (Å²) in [5.41, 5.74) is 0.368. The number of aromatic nitrogens is 4. The van der Waals surface area contributed by atoms with Crippen LogP contribution in [0.1, 0.15) is 25.0 Å². The van der Waals surface area contributed by atoms with E-state index in [9.17, 15) is 9.59 Å². The molecule has 3 rings (SSSR count). The number of piperidine rings is 1. The molecule has 0 atom stereocenters. The zero-order valence-corrected chi connectivity index (χ0v) is 13.6. The molecule has 24 heavy (non-hydrogen) atoms. The van der Waals surface area contributed by atoms with Gasteiger partial charge in [0.15, 0.2) is 0 Å². The van der Waals surface area contributed by atoms with Crippen LogP contribution >= 0.6 is 0 Å². The van der Waals surface area contributed by atoms with E-state index in [1.54, 1.807) is 13.0 Å². The lowest BCUT2D eigenvalue weighted by Crippen LogP contribution is -2.30. The maximum atomic E-state index is 12.1. The summed E-state index contributed by atoms with van der Waals surface area (Å²) < 4.78 is 1.26. The molecule has 1 amide bonds. The molecule has 1 N–H and O–H groups in total. The molecular weight excluding hydrogens is 308 g/mol. The van der Waals surface area contributed by atoms with E-state index < -0.39 is 0 Å². The summed E-state index contributed by atoms with van der Waals surface area (Å²) in [5, 5.41) is 2.71. The van der Waals surface area contributed by atoms with Crippen molar-refractivity contribution in [3.8, 4) is 0 Å². The van der Waals surface area contributed by atoms with Crippen LogP contribution in [0.5, 0.6) is 0 Å². The van der Waals surface area contributed by atoms with E-state index >= 15 is 0 Å². The monoisotopic (exact) mass is 328 g/mol. The molecule has 1 saturated heterocycles. The zero-order valence-electron chi connectivity index (χ0n) is 13.6. The molecule has 8 nitrogen and oxygen atoms in total. The van der Waals surface area contributed by atoms with Crippen LogP contribution < -0.4 is 15.8 Å². The number of hydrogen-bond donors (Lipinski definition) is 1. The Hall–Kier alpha value is -2.77. The standard InChI is InChI=1S/C16H20N6O2/c1-12-7-16(24)22(11-19-12)9-15(23)20-13-8-14(18-10-17-13)21-5-3-2-4-6-21/h7-8,10-11H,2-6,9H2,1H3,(H,17,18,20,23). The molecule has 2 aromatic heterocycles. The van der Waals surface area contributed by atoms with Crippen LogP contribution in [0.4, 0.5) is 11.6 Å². The average Bonchev–Trinajstić information content (AvgIpc) is 2.58. The van der Waals surface area contributed by atoms with Crippen molar-refractivity contribution in [1.29, 1.82) is 0 Å². The third-order valence-electron chi connectivity index (χ3n) is 3.93. The second kappa shape index (κ2) is 7.20. The molecule has 1 aliphatic heterocycles. The van der Waals surface area contributed by atoms with Gasteiger partial charge < -0.3 is 10.2 Å².